The SMILES string of the molecule is C=CCNC(=O)C[C@H](Cc1cn(C)c2ccccc12)NC(=O)OC(C)(C)C. The molecule has 0 saturated carbocycles. The molecular formula is C21H29N3O3. The molecule has 2 amide bonds. The maximum Gasteiger partial charge on any atom is 0.407 e. The van der Waals surface area contributed by atoms with Crippen LogP contribution in [0, 0.1) is 0 Å². The minimum atomic E-state index is -0.598. The summed E-state index contributed by atoms with van der Waals surface area (Å²) in [5.41, 5.74) is 1.59. The van der Waals surface area contributed by atoms with Crippen LogP contribution in [0.2, 0.25) is 0 Å². The third-order valence-electron chi connectivity index (χ3n) is 4.04. The molecule has 27 heavy (non-hydrogen) atoms. The number of carbonyl (C=O) groups is 2. The molecule has 1 atom stereocenters. The highest BCUT2D eigenvalue weighted by molar-refractivity contribution is 5.84. The van der Waals surface area contributed by atoms with Crippen molar-refractivity contribution in [1.82, 2.24) is 15.2 Å². The Balaban J connectivity index is 2.18. The highest BCUT2D eigenvalue weighted by atomic mass is 16.6. The zero-order valence-electron chi connectivity index (χ0n) is 16.5. The van der Waals surface area contributed by atoms with Crippen LogP contribution in [-0.2, 0) is 23.0 Å². The van der Waals surface area contributed by atoms with E-state index in [-0.39, 0.29) is 18.4 Å². The number of hydrogen-bond donors (Lipinski definition) is 2. The van der Waals surface area contributed by atoms with Crippen molar-refractivity contribution >= 4 is 22.9 Å². The summed E-state index contributed by atoms with van der Waals surface area (Å²) in [6, 6.07) is 7.69. The first-order valence-corrected chi connectivity index (χ1v) is 9.09. The third kappa shape index (κ3) is 6.16. The lowest BCUT2D eigenvalue weighted by Crippen LogP contribution is -2.43. The average molecular weight is 371 g/mol. The normalized spacial score (nSPS) is 12.4. The lowest BCUT2D eigenvalue weighted by atomic mass is 10.0. The topological polar surface area (TPSA) is 72.4 Å². The summed E-state index contributed by atoms with van der Waals surface area (Å²) in [6.45, 7) is 9.42. The molecule has 0 aliphatic carbocycles. The predicted molar refractivity (Wildman–Crippen MR) is 108 cm³/mol. The molecule has 0 radical (unpaired) electrons. The maximum atomic E-state index is 12.2. The molecule has 1 aromatic carbocycles. The highest BCUT2D eigenvalue weighted by Crippen LogP contribution is 2.22. The van der Waals surface area contributed by atoms with Gasteiger partial charge in [0, 0.05) is 43.2 Å². The van der Waals surface area contributed by atoms with Crippen molar-refractivity contribution in [2.24, 2.45) is 7.05 Å². The first-order valence-electron chi connectivity index (χ1n) is 9.09. The highest BCUT2D eigenvalue weighted by Gasteiger charge is 2.22. The number of nitrogens with one attached hydrogen (secondary N) is 2. The van der Waals surface area contributed by atoms with Crippen molar-refractivity contribution in [2.75, 3.05) is 6.54 Å². The van der Waals surface area contributed by atoms with Gasteiger partial charge in [-0.1, -0.05) is 24.3 Å². The van der Waals surface area contributed by atoms with Gasteiger partial charge in [0.2, 0.25) is 5.91 Å². The van der Waals surface area contributed by atoms with Gasteiger partial charge in [-0.05, 0) is 38.8 Å². The summed E-state index contributed by atoms with van der Waals surface area (Å²) in [5, 5.41) is 6.72. The molecule has 0 unspecified atom stereocenters. The number of carbonyl (C=O) groups excluding carboxylic acids is 2. The van der Waals surface area contributed by atoms with Crippen molar-refractivity contribution in [2.45, 2.75) is 45.3 Å². The van der Waals surface area contributed by atoms with E-state index in [9.17, 15) is 9.59 Å². The van der Waals surface area contributed by atoms with Gasteiger partial charge in [0.25, 0.3) is 0 Å². The lowest BCUT2D eigenvalue weighted by molar-refractivity contribution is -0.121. The Labute approximate surface area is 160 Å². The van der Waals surface area contributed by atoms with Crippen LogP contribution in [0.25, 0.3) is 10.9 Å². The number of aromatic nitrogens is 1. The second-order valence-electron chi connectivity index (χ2n) is 7.63. The Hall–Kier alpha value is -2.76. The van der Waals surface area contributed by atoms with Crippen LogP contribution >= 0.6 is 0 Å². The van der Waals surface area contributed by atoms with Crippen molar-refractivity contribution in [3.05, 3.63) is 48.7 Å². The van der Waals surface area contributed by atoms with Crippen LogP contribution in [0.4, 0.5) is 4.79 Å². The van der Waals surface area contributed by atoms with E-state index in [1.165, 1.54) is 0 Å². The van der Waals surface area contributed by atoms with Crippen LogP contribution in [0.5, 0.6) is 0 Å². The van der Waals surface area contributed by atoms with E-state index in [2.05, 4.69) is 17.2 Å². The number of ether oxygens (including phenoxy) is 1. The number of amides is 2. The molecule has 0 bridgehead atoms. The van der Waals surface area contributed by atoms with E-state index in [0.29, 0.717) is 13.0 Å². The summed E-state index contributed by atoms with van der Waals surface area (Å²) in [5.74, 6) is -0.142. The largest absolute Gasteiger partial charge is 0.444 e. The van der Waals surface area contributed by atoms with E-state index in [1.807, 2.05) is 62.8 Å². The molecule has 0 aliphatic rings. The minimum Gasteiger partial charge on any atom is -0.444 e. The fourth-order valence-corrected chi connectivity index (χ4v) is 2.98. The Kier molecular flexibility index (Phi) is 6.66. The molecule has 6 nitrogen and oxygen atoms in total. The van der Waals surface area contributed by atoms with E-state index in [1.54, 1.807) is 6.08 Å². The Morgan fingerprint density at radius 1 is 1.30 bits per heavy atom. The number of nitrogens with zero attached hydrogens (tertiary/aromatic N) is 1. The van der Waals surface area contributed by atoms with Gasteiger partial charge in [0.15, 0.2) is 0 Å². The number of para-hydroxylation sites is 1. The first-order chi connectivity index (χ1) is 12.7. The van der Waals surface area contributed by atoms with Gasteiger partial charge in [-0.25, -0.2) is 4.79 Å². The van der Waals surface area contributed by atoms with E-state index < -0.39 is 11.7 Å². The zero-order valence-corrected chi connectivity index (χ0v) is 16.5. The summed E-state index contributed by atoms with van der Waals surface area (Å²) in [6.07, 6.45) is 3.83. The molecule has 6 heteroatoms. The number of aryl methyl sites for hydroxylation is 1. The second kappa shape index (κ2) is 8.75. The molecule has 2 aromatic rings. The van der Waals surface area contributed by atoms with Crippen LogP contribution in [0.3, 0.4) is 0 Å². The molecule has 0 aliphatic heterocycles. The van der Waals surface area contributed by atoms with Crippen LogP contribution < -0.4 is 10.6 Å². The third-order valence-corrected chi connectivity index (χ3v) is 4.04. The number of fused-ring (bicyclic) bond motifs is 1. The summed E-state index contributed by atoms with van der Waals surface area (Å²) < 4.78 is 7.41. The number of hydrogen-bond acceptors (Lipinski definition) is 3. The number of benzene rings is 1. The lowest BCUT2D eigenvalue weighted by Gasteiger charge is -2.23. The molecule has 1 heterocycles. The van der Waals surface area contributed by atoms with Gasteiger partial charge < -0.3 is 19.9 Å². The monoisotopic (exact) mass is 371 g/mol. The van der Waals surface area contributed by atoms with Gasteiger partial charge >= 0.3 is 6.09 Å². The molecular weight excluding hydrogens is 342 g/mol. The van der Waals surface area contributed by atoms with Crippen LogP contribution in [0.15, 0.2) is 43.1 Å². The van der Waals surface area contributed by atoms with Gasteiger partial charge in [-0.2, -0.15) is 0 Å². The first kappa shape index (κ1) is 20.6. The Morgan fingerprint density at radius 2 is 2.00 bits per heavy atom. The van der Waals surface area contributed by atoms with Gasteiger partial charge in [0.05, 0.1) is 0 Å². The molecule has 146 valence electrons. The second-order valence-corrected chi connectivity index (χ2v) is 7.63. The van der Waals surface area contributed by atoms with E-state index >= 15 is 0 Å². The zero-order chi connectivity index (χ0) is 20.0. The van der Waals surface area contributed by atoms with Gasteiger partial charge in [-0.3, -0.25) is 4.79 Å². The number of rotatable bonds is 7. The molecule has 0 fully saturated rings. The summed E-state index contributed by atoms with van der Waals surface area (Å²) in [7, 11) is 1.99. The minimum absolute atomic E-state index is 0.142. The predicted octanol–water partition coefficient (Wildman–Crippen LogP) is 3.31. The quantitative estimate of drug-likeness (QED) is 0.734. The Bertz CT molecular complexity index is 818. The fraction of sp³-hybridized carbons (Fsp3) is 0.429. The van der Waals surface area contributed by atoms with Crippen molar-refractivity contribution < 1.29 is 14.3 Å². The molecule has 2 rings (SSSR count). The van der Waals surface area contributed by atoms with E-state index in [4.69, 9.17) is 4.74 Å². The molecule has 0 saturated heterocycles. The van der Waals surface area contributed by atoms with Crippen molar-refractivity contribution in [1.29, 1.82) is 0 Å². The molecule has 2 N–H and O–H groups in total. The summed E-state index contributed by atoms with van der Waals surface area (Å²) in [4.78, 5) is 24.4. The standard InChI is InChI=1S/C21H29N3O3/c1-6-11-22-19(25)13-16(23-20(26)27-21(2,3)4)12-15-14-24(5)18-10-8-7-9-17(15)18/h6-10,14,16H,1,11-13H2,2-5H3,(H,22,25)(H,23,26)/t16-/m0/s1. The fourth-order valence-electron chi connectivity index (χ4n) is 2.98. The number of alkyl carbamates (subject to hydrolysis) is 1. The molecule has 0 spiro atoms. The summed E-state index contributed by atoms with van der Waals surface area (Å²) >= 11 is 0. The average Bonchev–Trinajstić information content (AvgIpc) is 2.87. The van der Waals surface area contributed by atoms with Crippen LogP contribution in [0.1, 0.15) is 32.8 Å². The molecule has 1 aromatic heterocycles. The van der Waals surface area contributed by atoms with Gasteiger partial charge in [-0.15, -0.1) is 6.58 Å². The van der Waals surface area contributed by atoms with Crippen molar-refractivity contribution in [3.63, 3.8) is 0 Å². The van der Waals surface area contributed by atoms with Crippen molar-refractivity contribution in [3.8, 4) is 0 Å². The van der Waals surface area contributed by atoms with Crippen LogP contribution in [-0.4, -0.2) is 34.8 Å². The smallest absolute Gasteiger partial charge is 0.407 e. The van der Waals surface area contributed by atoms with Gasteiger partial charge in [0.1, 0.15) is 5.60 Å². The Morgan fingerprint density at radius 3 is 2.67 bits per heavy atom. The van der Waals surface area contributed by atoms with E-state index in [0.717, 1.165) is 16.5 Å². The maximum absolute atomic E-state index is 12.2.